The van der Waals surface area contributed by atoms with E-state index in [-0.39, 0.29) is 31.9 Å². The molecule has 6 heteroatoms. The summed E-state index contributed by atoms with van der Waals surface area (Å²) in [4.78, 5) is 9.42. The van der Waals surface area contributed by atoms with Crippen LogP contribution in [0.1, 0.15) is 52.7 Å². The molecule has 5 nitrogen and oxygen atoms in total. The normalized spacial score (nSPS) is 12.6. The molecule has 220 valence electrons. The molecular formula is C38H32N4OPt. The molecule has 0 bridgehead atoms. The van der Waals surface area contributed by atoms with Gasteiger partial charge in [0, 0.05) is 47.3 Å². The minimum Gasteiger partial charge on any atom is -0.497 e. The molecule has 4 aromatic heterocycles. The average molecular weight is 756 g/mol. The summed E-state index contributed by atoms with van der Waals surface area (Å²) < 4.78 is 10.8. The maximum absolute atomic E-state index is 6.46. The van der Waals surface area contributed by atoms with Crippen molar-refractivity contribution in [2.45, 2.75) is 52.4 Å². The summed E-state index contributed by atoms with van der Waals surface area (Å²) in [6, 6.07) is 28.6. The summed E-state index contributed by atoms with van der Waals surface area (Å²) in [5, 5.41) is 6.49. The van der Waals surface area contributed by atoms with E-state index in [9.17, 15) is 0 Å². The maximum atomic E-state index is 6.46. The Kier molecular flexibility index (Phi) is 6.43. The van der Waals surface area contributed by atoms with Gasteiger partial charge in [-0.3, -0.25) is 9.97 Å². The smallest absolute Gasteiger partial charge is 0.497 e. The van der Waals surface area contributed by atoms with E-state index in [1.807, 2.05) is 36.9 Å². The Hall–Kier alpha value is -4.21. The topological polar surface area (TPSA) is 43.8 Å². The van der Waals surface area contributed by atoms with Gasteiger partial charge in [0.05, 0.1) is 11.3 Å². The molecule has 0 aliphatic rings. The monoisotopic (exact) mass is 755 g/mol. The first-order valence-electron chi connectivity index (χ1n) is 14.8. The molecule has 8 aromatic rings. The molecule has 44 heavy (non-hydrogen) atoms. The Morgan fingerprint density at radius 2 is 1.25 bits per heavy atom. The first-order chi connectivity index (χ1) is 20.6. The van der Waals surface area contributed by atoms with Crippen molar-refractivity contribution in [2.75, 3.05) is 0 Å². The third-order valence-corrected chi connectivity index (χ3v) is 8.58. The standard InChI is InChI=1S/C38H32N4O.Pt/c1-37(2,3)23-10-15-32-28(20-23)26-13-11-24(21-29(26)35-39-16-18-41(32)35)43-25-12-14-27-30(22-25)36-40-17-19-42(36)33-9-7-8-31(34(27)33)38(4,5)6;/h7-20H,1-6H3;/q-2;+2. The van der Waals surface area contributed by atoms with E-state index >= 15 is 0 Å². The van der Waals surface area contributed by atoms with Gasteiger partial charge >= 0.3 is 21.1 Å². The molecule has 0 atom stereocenters. The predicted molar refractivity (Wildman–Crippen MR) is 176 cm³/mol. The van der Waals surface area contributed by atoms with Crippen molar-refractivity contribution < 1.29 is 25.8 Å². The first kappa shape index (κ1) is 28.6. The molecule has 8 rings (SSSR count). The molecule has 4 heterocycles. The van der Waals surface area contributed by atoms with Gasteiger partial charge in [0.15, 0.2) is 0 Å². The van der Waals surface area contributed by atoms with Gasteiger partial charge < -0.3 is 13.5 Å². The van der Waals surface area contributed by atoms with Gasteiger partial charge in [-0.25, -0.2) is 0 Å². The number of nitrogens with zero attached hydrogens (tertiary/aromatic N) is 4. The van der Waals surface area contributed by atoms with Crippen LogP contribution in [0.2, 0.25) is 0 Å². The van der Waals surface area contributed by atoms with E-state index in [0.717, 1.165) is 43.9 Å². The van der Waals surface area contributed by atoms with Crippen molar-refractivity contribution >= 4 is 54.6 Å². The van der Waals surface area contributed by atoms with Crippen LogP contribution < -0.4 is 4.74 Å². The van der Waals surface area contributed by atoms with Crippen molar-refractivity contribution in [3.8, 4) is 11.5 Å². The van der Waals surface area contributed by atoms with Crippen LogP contribution in [-0.4, -0.2) is 18.8 Å². The molecule has 0 unspecified atom stereocenters. The largest absolute Gasteiger partial charge is 2.00 e. The molecule has 0 spiro atoms. The number of hydrogen-bond donors (Lipinski definition) is 0. The molecule has 0 aliphatic heterocycles. The van der Waals surface area contributed by atoms with Crippen LogP contribution in [0, 0.1) is 12.1 Å². The third kappa shape index (κ3) is 4.32. The Morgan fingerprint density at radius 1 is 0.636 bits per heavy atom. The van der Waals surface area contributed by atoms with E-state index in [2.05, 4.69) is 111 Å². The van der Waals surface area contributed by atoms with Gasteiger partial charge in [0.1, 0.15) is 0 Å². The fourth-order valence-electron chi connectivity index (χ4n) is 6.42. The Balaban J connectivity index is 0.00000312. The molecule has 0 radical (unpaired) electrons. The van der Waals surface area contributed by atoms with Crippen LogP contribution in [0.3, 0.4) is 0 Å². The average Bonchev–Trinajstić information content (AvgIpc) is 3.67. The maximum Gasteiger partial charge on any atom is 2.00 e. The summed E-state index contributed by atoms with van der Waals surface area (Å²) in [5.74, 6) is 1.24. The first-order valence-corrected chi connectivity index (χ1v) is 14.8. The van der Waals surface area contributed by atoms with Crippen molar-refractivity contribution in [3.05, 3.63) is 109 Å². The van der Waals surface area contributed by atoms with E-state index in [1.165, 1.54) is 21.9 Å². The van der Waals surface area contributed by atoms with Crippen molar-refractivity contribution in [1.82, 2.24) is 18.8 Å². The number of imidazole rings is 2. The van der Waals surface area contributed by atoms with Crippen LogP contribution >= 0.6 is 0 Å². The number of hydrogen-bond acceptors (Lipinski definition) is 3. The minimum absolute atomic E-state index is 0. The molecule has 0 saturated carbocycles. The number of pyridine rings is 2. The van der Waals surface area contributed by atoms with Crippen molar-refractivity contribution in [3.63, 3.8) is 0 Å². The number of fused-ring (bicyclic) bond motifs is 12. The molecule has 0 N–H and O–H groups in total. The molecule has 0 aliphatic carbocycles. The van der Waals surface area contributed by atoms with Gasteiger partial charge in [0.2, 0.25) is 0 Å². The third-order valence-electron chi connectivity index (χ3n) is 8.58. The SMILES string of the molecule is CC(C)(C)c1ccc2c(c1)c1ccc(Oc3[c-]c4c(cc3)c3c(C(C)(C)C)cccc3n3ccnc43)[c-]c1c1nccn21.[Pt+2]. The zero-order chi connectivity index (χ0) is 29.7. The zero-order valence-electron chi connectivity index (χ0n) is 25.6. The summed E-state index contributed by atoms with van der Waals surface area (Å²) in [7, 11) is 0. The number of ether oxygens (including phenoxy) is 1. The fourth-order valence-corrected chi connectivity index (χ4v) is 6.42. The van der Waals surface area contributed by atoms with E-state index in [1.54, 1.807) is 0 Å². The Morgan fingerprint density at radius 3 is 1.89 bits per heavy atom. The van der Waals surface area contributed by atoms with Crippen molar-refractivity contribution in [2.24, 2.45) is 0 Å². The van der Waals surface area contributed by atoms with Gasteiger partial charge in [0.25, 0.3) is 0 Å². The molecule has 0 fully saturated rings. The van der Waals surface area contributed by atoms with Gasteiger partial charge in [-0.1, -0.05) is 112 Å². The Bertz CT molecular complexity index is 2400. The van der Waals surface area contributed by atoms with E-state index in [0.29, 0.717) is 11.5 Å². The second-order valence-corrected chi connectivity index (χ2v) is 13.5. The van der Waals surface area contributed by atoms with Gasteiger partial charge in [-0.2, -0.15) is 0 Å². The summed E-state index contributed by atoms with van der Waals surface area (Å²) in [6.45, 7) is 13.5. The van der Waals surface area contributed by atoms with Crippen LogP contribution in [0.4, 0.5) is 0 Å². The molecule has 4 aromatic carbocycles. The second-order valence-electron chi connectivity index (χ2n) is 13.5. The van der Waals surface area contributed by atoms with Gasteiger partial charge in [-0.05, 0) is 44.9 Å². The van der Waals surface area contributed by atoms with Crippen LogP contribution in [0.5, 0.6) is 11.5 Å². The van der Waals surface area contributed by atoms with Crippen molar-refractivity contribution in [1.29, 1.82) is 0 Å². The Labute approximate surface area is 270 Å². The quantitative estimate of drug-likeness (QED) is 0.131. The number of rotatable bonds is 2. The summed E-state index contributed by atoms with van der Waals surface area (Å²) in [6.07, 6.45) is 7.73. The molecule has 0 saturated heterocycles. The van der Waals surface area contributed by atoms with Crippen LogP contribution in [0.15, 0.2) is 85.5 Å². The number of aromatic nitrogens is 4. The number of benzene rings is 4. The fraction of sp³-hybridized carbons (Fsp3) is 0.211. The summed E-state index contributed by atoms with van der Waals surface area (Å²) >= 11 is 0. The minimum atomic E-state index is -0.0219. The molecular weight excluding hydrogens is 724 g/mol. The predicted octanol–water partition coefficient (Wildman–Crippen LogP) is 9.58. The second kappa shape index (κ2) is 9.90. The van der Waals surface area contributed by atoms with Gasteiger partial charge in [-0.15, -0.1) is 12.1 Å². The zero-order valence-corrected chi connectivity index (χ0v) is 27.9. The molecule has 0 amide bonds. The van der Waals surface area contributed by atoms with Crippen LogP contribution in [0.25, 0.3) is 54.6 Å². The van der Waals surface area contributed by atoms with E-state index in [4.69, 9.17) is 14.7 Å². The summed E-state index contributed by atoms with van der Waals surface area (Å²) in [5.41, 5.74) is 6.60. The van der Waals surface area contributed by atoms with E-state index < -0.39 is 0 Å². The van der Waals surface area contributed by atoms with Crippen LogP contribution in [-0.2, 0) is 31.9 Å².